The number of nitrogens with zero attached hydrogens (tertiary/aromatic N) is 5. The molecular formula is C51H31N5O. The molecule has 8 aromatic carbocycles. The SMILES string of the molecule is c1ccc(-c2nc(-c3ccccc3)nc(-c3cccc4c3oc3c(-n5c6ccccc6c6cc(-n7c8ccccc8c8ccccc87)ccc65)cccc34)n2)cc1. The molecule has 12 aromatic rings. The monoisotopic (exact) mass is 729 g/mol. The zero-order chi connectivity index (χ0) is 37.5. The molecule has 0 fully saturated rings. The highest BCUT2D eigenvalue weighted by molar-refractivity contribution is 6.15. The summed E-state index contributed by atoms with van der Waals surface area (Å²) in [6.07, 6.45) is 0. The maximum Gasteiger partial charge on any atom is 0.167 e. The summed E-state index contributed by atoms with van der Waals surface area (Å²) in [5, 5.41) is 6.87. The van der Waals surface area contributed by atoms with Crippen LogP contribution in [-0.2, 0) is 0 Å². The van der Waals surface area contributed by atoms with Gasteiger partial charge in [-0.25, -0.2) is 15.0 Å². The van der Waals surface area contributed by atoms with Gasteiger partial charge in [-0.05, 0) is 48.5 Å². The van der Waals surface area contributed by atoms with Crippen LogP contribution in [0.25, 0.3) is 111 Å². The fraction of sp³-hybridized carbons (Fsp3) is 0. The largest absolute Gasteiger partial charge is 0.453 e. The van der Waals surface area contributed by atoms with E-state index in [4.69, 9.17) is 19.4 Å². The maximum absolute atomic E-state index is 7.04. The highest BCUT2D eigenvalue weighted by Crippen LogP contribution is 2.42. The van der Waals surface area contributed by atoms with Gasteiger partial charge in [-0.1, -0.05) is 140 Å². The molecule has 0 unspecified atom stereocenters. The number of aromatic nitrogens is 5. The number of hydrogen-bond acceptors (Lipinski definition) is 4. The molecular weight excluding hydrogens is 699 g/mol. The summed E-state index contributed by atoms with van der Waals surface area (Å²) in [4.78, 5) is 15.0. The second-order valence-electron chi connectivity index (χ2n) is 14.4. The van der Waals surface area contributed by atoms with Gasteiger partial charge in [0.1, 0.15) is 5.58 Å². The second-order valence-corrected chi connectivity index (χ2v) is 14.4. The van der Waals surface area contributed by atoms with Crippen LogP contribution in [0.1, 0.15) is 0 Å². The lowest BCUT2D eigenvalue weighted by Gasteiger charge is -2.10. The lowest BCUT2D eigenvalue weighted by atomic mass is 10.1. The molecule has 0 spiro atoms. The molecule has 266 valence electrons. The Morgan fingerprint density at radius 1 is 0.333 bits per heavy atom. The predicted octanol–water partition coefficient (Wildman–Crippen LogP) is 13.0. The maximum atomic E-state index is 7.04. The van der Waals surface area contributed by atoms with Gasteiger partial charge in [0.25, 0.3) is 0 Å². The van der Waals surface area contributed by atoms with Crippen LogP contribution < -0.4 is 0 Å². The first-order chi connectivity index (χ1) is 28.3. The number of furan rings is 1. The van der Waals surface area contributed by atoms with E-state index in [1.54, 1.807) is 0 Å². The van der Waals surface area contributed by atoms with Gasteiger partial charge in [-0.15, -0.1) is 0 Å². The Hall–Kier alpha value is -7.83. The third-order valence-corrected chi connectivity index (χ3v) is 11.2. The fourth-order valence-corrected chi connectivity index (χ4v) is 8.65. The number of para-hydroxylation sites is 5. The zero-order valence-electron chi connectivity index (χ0n) is 30.5. The van der Waals surface area contributed by atoms with Crippen molar-refractivity contribution in [2.75, 3.05) is 0 Å². The first-order valence-corrected chi connectivity index (χ1v) is 19.1. The van der Waals surface area contributed by atoms with Gasteiger partial charge in [0, 0.05) is 49.1 Å². The van der Waals surface area contributed by atoms with Crippen LogP contribution in [-0.4, -0.2) is 24.1 Å². The van der Waals surface area contributed by atoms with Crippen LogP contribution in [0.2, 0.25) is 0 Å². The lowest BCUT2D eigenvalue weighted by Crippen LogP contribution is -2.00. The Kier molecular flexibility index (Phi) is 6.83. The van der Waals surface area contributed by atoms with Crippen molar-refractivity contribution >= 4 is 65.6 Å². The molecule has 0 bridgehead atoms. The van der Waals surface area contributed by atoms with Gasteiger partial charge in [0.05, 0.1) is 33.3 Å². The molecule has 6 heteroatoms. The molecule has 0 amide bonds. The van der Waals surface area contributed by atoms with E-state index in [1.807, 2.05) is 66.7 Å². The van der Waals surface area contributed by atoms with Crippen LogP contribution in [0.15, 0.2) is 192 Å². The van der Waals surface area contributed by atoms with E-state index in [0.717, 1.165) is 61.0 Å². The average Bonchev–Trinajstić information content (AvgIpc) is 3.95. The summed E-state index contributed by atoms with van der Waals surface area (Å²) in [6.45, 7) is 0. The zero-order valence-corrected chi connectivity index (χ0v) is 30.5. The van der Waals surface area contributed by atoms with Gasteiger partial charge in [0.15, 0.2) is 23.1 Å². The van der Waals surface area contributed by atoms with E-state index in [0.29, 0.717) is 17.5 Å². The van der Waals surface area contributed by atoms with Gasteiger partial charge in [-0.3, -0.25) is 0 Å². The minimum absolute atomic E-state index is 0.559. The van der Waals surface area contributed by atoms with Gasteiger partial charge >= 0.3 is 0 Å². The van der Waals surface area contributed by atoms with Crippen molar-refractivity contribution in [2.24, 2.45) is 0 Å². The number of fused-ring (bicyclic) bond motifs is 9. The average molecular weight is 730 g/mol. The number of benzene rings is 8. The summed E-state index contributed by atoms with van der Waals surface area (Å²) in [7, 11) is 0. The van der Waals surface area contributed by atoms with Crippen LogP contribution in [0, 0.1) is 0 Å². The normalized spacial score (nSPS) is 11.9. The Balaban J connectivity index is 1.08. The van der Waals surface area contributed by atoms with Gasteiger partial charge < -0.3 is 13.6 Å². The standard InChI is InChI=1S/C51H31N5O/c1-3-15-32(16-4-1)49-52-50(33-17-5-2-6-18-33)54-51(53-49)40-24-13-22-38-39-23-14-28-46(48(39)57-47(38)40)56-44-27-12-9-21-37(44)41-31-34(29-30-45(41)56)55-42-25-10-7-19-35(42)36-20-8-11-26-43(36)55/h1-31H. The van der Waals surface area contributed by atoms with E-state index < -0.39 is 0 Å². The topological polar surface area (TPSA) is 61.7 Å². The smallest absolute Gasteiger partial charge is 0.167 e. The van der Waals surface area contributed by atoms with Crippen LogP contribution in [0.5, 0.6) is 0 Å². The summed E-state index contributed by atoms with van der Waals surface area (Å²) in [5.74, 6) is 1.78. The molecule has 12 rings (SSSR count). The summed E-state index contributed by atoms with van der Waals surface area (Å²) >= 11 is 0. The molecule has 57 heavy (non-hydrogen) atoms. The Morgan fingerprint density at radius 2 is 0.807 bits per heavy atom. The van der Waals surface area contributed by atoms with Gasteiger partial charge in [-0.2, -0.15) is 0 Å². The number of rotatable bonds is 5. The van der Waals surface area contributed by atoms with Crippen molar-refractivity contribution in [3.8, 4) is 45.5 Å². The first-order valence-electron chi connectivity index (χ1n) is 19.1. The van der Waals surface area contributed by atoms with Crippen molar-refractivity contribution in [1.82, 2.24) is 24.1 Å². The molecule has 0 N–H and O–H groups in total. The molecule has 4 aromatic heterocycles. The highest BCUT2D eigenvalue weighted by atomic mass is 16.3. The quantitative estimate of drug-likeness (QED) is 0.177. The number of hydrogen-bond donors (Lipinski definition) is 0. The molecule has 0 radical (unpaired) electrons. The van der Waals surface area contributed by atoms with Crippen molar-refractivity contribution in [3.05, 3.63) is 188 Å². The third kappa shape index (κ3) is 4.81. The van der Waals surface area contributed by atoms with Crippen molar-refractivity contribution < 1.29 is 4.42 Å². The highest BCUT2D eigenvalue weighted by Gasteiger charge is 2.22. The van der Waals surface area contributed by atoms with Crippen molar-refractivity contribution in [1.29, 1.82) is 0 Å². The summed E-state index contributed by atoms with van der Waals surface area (Å²) in [5.41, 5.74) is 10.9. The Labute approximate surface area is 326 Å². The summed E-state index contributed by atoms with van der Waals surface area (Å²) < 4.78 is 11.8. The van der Waals surface area contributed by atoms with Crippen molar-refractivity contribution in [3.63, 3.8) is 0 Å². The van der Waals surface area contributed by atoms with Crippen molar-refractivity contribution in [2.45, 2.75) is 0 Å². The van der Waals surface area contributed by atoms with E-state index in [2.05, 4.69) is 130 Å². The van der Waals surface area contributed by atoms with Gasteiger partial charge in [0.2, 0.25) is 0 Å². The van der Waals surface area contributed by atoms with E-state index in [9.17, 15) is 0 Å². The lowest BCUT2D eigenvalue weighted by molar-refractivity contribution is 0.667. The minimum Gasteiger partial charge on any atom is -0.453 e. The first kappa shape index (κ1) is 31.5. The van der Waals surface area contributed by atoms with Crippen LogP contribution >= 0.6 is 0 Å². The van der Waals surface area contributed by atoms with E-state index in [-0.39, 0.29) is 0 Å². The molecule has 0 saturated carbocycles. The minimum atomic E-state index is 0.559. The molecule has 0 aliphatic heterocycles. The van der Waals surface area contributed by atoms with E-state index in [1.165, 1.54) is 32.6 Å². The molecule has 0 saturated heterocycles. The Morgan fingerprint density at radius 3 is 1.44 bits per heavy atom. The van der Waals surface area contributed by atoms with Crippen LogP contribution in [0.4, 0.5) is 0 Å². The third-order valence-electron chi connectivity index (χ3n) is 11.2. The summed E-state index contributed by atoms with van der Waals surface area (Å²) in [6, 6.07) is 65.5. The molecule has 0 aliphatic carbocycles. The fourth-order valence-electron chi connectivity index (χ4n) is 8.65. The van der Waals surface area contributed by atoms with E-state index >= 15 is 0 Å². The molecule has 0 aliphatic rings. The predicted molar refractivity (Wildman–Crippen MR) is 232 cm³/mol. The Bertz CT molecular complexity index is 3410. The molecule has 4 heterocycles. The second kappa shape index (κ2) is 12.3. The molecule has 6 nitrogen and oxygen atoms in total. The van der Waals surface area contributed by atoms with Crippen LogP contribution in [0.3, 0.4) is 0 Å². The molecule has 0 atom stereocenters.